The number of ether oxygens (including phenoxy) is 1. The number of benzene rings is 2. The van der Waals surface area contributed by atoms with Crippen LogP contribution in [0.3, 0.4) is 0 Å². The van der Waals surface area contributed by atoms with E-state index < -0.39 is 0 Å². The highest BCUT2D eigenvalue weighted by Gasteiger charge is 2.14. The highest BCUT2D eigenvalue weighted by atomic mass is 35.5. The van der Waals surface area contributed by atoms with E-state index in [0.717, 1.165) is 5.56 Å². The van der Waals surface area contributed by atoms with E-state index in [-0.39, 0.29) is 5.91 Å². The summed E-state index contributed by atoms with van der Waals surface area (Å²) in [6.07, 6.45) is 0. The van der Waals surface area contributed by atoms with E-state index in [0.29, 0.717) is 27.0 Å². The monoisotopic (exact) mass is 309 g/mol. The highest BCUT2D eigenvalue weighted by molar-refractivity contribution is 6.34. The first-order valence-corrected chi connectivity index (χ1v) is 6.68. The second-order valence-corrected chi connectivity index (χ2v) is 5.13. The van der Waals surface area contributed by atoms with Crippen molar-refractivity contribution >= 4 is 34.8 Å². The fraction of sp³-hybridized carbons (Fsp3) is 0.133. The van der Waals surface area contributed by atoms with Gasteiger partial charge in [0, 0.05) is 5.02 Å². The van der Waals surface area contributed by atoms with Gasteiger partial charge in [0.05, 0.1) is 23.4 Å². The Labute approximate surface area is 127 Å². The molecule has 0 saturated carbocycles. The average Bonchev–Trinajstić information content (AvgIpc) is 2.41. The van der Waals surface area contributed by atoms with Crippen molar-refractivity contribution in [3.05, 3.63) is 57.6 Å². The summed E-state index contributed by atoms with van der Waals surface area (Å²) in [6.45, 7) is 1.93. The first-order chi connectivity index (χ1) is 9.51. The normalized spacial score (nSPS) is 10.2. The van der Waals surface area contributed by atoms with Gasteiger partial charge in [-0.3, -0.25) is 4.79 Å². The Hall–Kier alpha value is -1.71. The molecule has 2 aromatic rings. The summed E-state index contributed by atoms with van der Waals surface area (Å²) < 4.78 is 5.16. The van der Waals surface area contributed by atoms with Crippen LogP contribution in [0.2, 0.25) is 10.0 Å². The Balaban J connectivity index is 2.30. The number of hydrogen-bond acceptors (Lipinski definition) is 2. The fourth-order valence-corrected chi connectivity index (χ4v) is 2.22. The Kier molecular flexibility index (Phi) is 4.53. The van der Waals surface area contributed by atoms with Crippen molar-refractivity contribution in [2.75, 3.05) is 12.4 Å². The Morgan fingerprint density at radius 3 is 2.55 bits per heavy atom. The first-order valence-electron chi connectivity index (χ1n) is 5.92. The standard InChI is InChI=1S/C15H13Cl2NO2/c1-9-3-5-13(12(17)7-9)18-15(19)11-8-10(16)4-6-14(11)20-2/h3-8H,1-2H3,(H,18,19). The smallest absolute Gasteiger partial charge is 0.259 e. The topological polar surface area (TPSA) is 38.3 Å². The van der Waals surface area contributed by atoms with Crippen LogP contribution in [-0.2, 0) is 0 Å². The van der Waals surface area contributed by atoms with Crippen LogP contribution in [0.5, 0.6) is 5.75 Å². The van der Waals surface area contributed by atoms with Gasteiger partial charge >= 0.3 is 0 Å². The van der Waals surface area contributed by atoms with Crippen LogP contribution in [0, 0.1) is 6.92 Å². The van der Waals surface area contributed by atoms with Gasteiger partial charge in [0.2, 0.25) is 0 Å². The largest absolute Gasteiger partial charge is 0.496 e. The van der Waals surface area contributed by atoms with E-state index in [2.05, 4.69) is 5.32 Å². The van der Waals surface area contributed by atoms with Gasteiger partial charge in [-0.1, -0.05) is 29.3 Å². The first kappa shape index (κ1) is 14.7. The molecule has 0 spiro atoms. The maximum Gasteiger partial charge on any atom is 0.259 e. The number of rotatable bonds is 3. The third-order valence-electron chi connectivity index (χ3n) is 2.78. The van der Waals surface area contributed by atoms with Crippen molar-refractivity contribution < 1.29 is 9.53 Å². The van der Waals surface area contributed by atoms with Gasteiger partial charge in [0.1, 0.15) is 5.75 Å². The van der Waals surface area contributed by atoms with Crippen molar-refractivity contribution in [1.29, 1.82) is 0 Å². The van der Waals surface area contributed by atoms with Gasteiger partial charge < -0.3 is 10.1 Å². The number of hydrogen-bond donors (Lipinski definition) is 1. The summed E-state index contributed by atoms with van der Waals surface area (Å²) in [5.41, 5.74) is 1.93. The molecule has 0 aromatic heterocycles. The zero-order chi connectivity index (χ0) is 14.7. The molecular formula is C15H13Cl2NO2. The molecule has 0 aliphatic heterocycles. The van der Waals surface area contributed by atoms with Gasteiger partial charge in [-0.05, 0) is 42.8 Å². The van der Waals surface area contributed by atoms with Gasteiger partial charge in [0.15, 0.2) is 0 Å². The summed E-state index contributed by atoms with van der Waals surface area (Å²) >= 11 is 12.0. The predicted molar refractivity (Wildman–Crippen MR) is 82.1 cm³/mol. The second-order valence-electron chi connectivity index (χ2n) is 4.28. The second kappa shape index (κ2) is 6.16. The number of carbonyl (C=O) groups is 1. The summed E-state index contributed by atoms with van der Waals surface area (Å²) in [7, 11) is 1.50. The van der Waals surface area contributed by atoms with Crippen LogP contribution in [-0.4, -0.2) is 13.0 Å². The molecule has 0 atom stereocenters. The number of carbonyl (C=O) groups excluding carboxylic acids is 1. The van der Waals surface area contributed by atoms with Crippen LogP contribution < -0.4 is 10.1 Å². The van der Waals surface area contributed by atoms with Gasteiger partial charge in [-0.25, -0.2) is 0 Å². The Morgan fingerprint density at radius 2 is 1.90 bits per heavy atom. The SMILES string of the molecule is COc1ccc(Cl)cc1C(=O)Nc1ccc(C)cc1Cl. The molecule has 0 bridgehead atoms. The van der Waals surface area contributed by atoms with Crippen molar-refractivity contribution in [3.63, 3.8) is 0 Å². The lowest BCUT2D eigenvalue weighted by atomic mass is 10.1. The number of anilines is 1. The molecule has 3 nitrogen and oxygen atoms in total. The predicted octanol–water partition coefficient (Wildman–Crippen LogP) is 4.56. The maximum atomic E-state index is 12.3. The molecule has 0 fully saturated rings. The average molecular weight is 310 g/mol. The summed E-state index contributed by atoms with van der Waals surface area (Å²) in [6, 6.07) is 10.3. The highest BCUT2D eigenvalue weighted by Crippen LogP contribution is 2.26. The molecule has 5 heteroatoms. The molecule has 0 radical (unpaired) electrons. The minimum absolute atomic E-state index is 0.324. The molecule has 20 heavy (non-hydrogen) atoms. The molecular weight excluding hydrogens is 297 g/mol. The lowest BCUT2D eigenvalue weighted by Crippen LogP contribution is -2.13. The van der Waals surface area contributed by atoms with Crippen LogP contribution in [0.4, 0.5) is 5.69 Å². The summed E-state index contributed by atoms with van der Waals surface area (Å²) in [5.74, 6) is 0.130. The van der Waals surface area contributed by atoms with Crippen molar-refractivity contribution in [2.24, 2.45) is 0 Å². The van der Waals surface area contributed by atoms with Crippen molar-refractivity contribution in [3.8, 4) is 5.75 Å². The van der Waals surface area contributed by atoms with Crippen LogP contribution in [0.25, 0.3) is 0 Å². The van der Waals surface area contributed by atoms with E-state index in [1.807, 2.05) is 13.0 Å². The molecule has 0 aliphatic carbocycles. The van der Waals surface area contributed by atoms with E-state index in [4.69, 9.17) is 27.9 Å². The summed E-state index contributed by atoms with van der Waals surface area (Å²) in [5, 5.41) is 3.70. The molecule has 0 saturated heterocycles. The minimum Gasteiger partial charge on any atom is -0.496 e. The molecule has 1 amide bonds. The zero-order valence-corrected chi connectivity index (χ0v) is 12.5. The maximum absolute atomic E-state index is 12.3. The summed E-state index contributed by atoms with van der Waals surface area (Å²) in [4.78, 5) is 12.3. The third-order valence-corrected chi connectivity index (χ3v) is 3.33. The molecule has 104 valence electrons. The molecule has 2 aromatic carbocycles. The molecule has 0 aliphatic rings. The van der Waals surface area contributed by atoms with Gasteiger partial charge in [-0.2, -0.15) is 0 Å². The van der Waals surface area contributed by atoms with E-state index >= 15 is 0 Å². The van der Waals surface area contributed by atoms with Crippen molar-refractivity contribution in [2.45, 2.75) is 6.92 Å². The van der Waals surface area contributed by atoms with E-state index in [1.165, 1.54) is 7.11 Å². The number of methoxy groups -OCH3 is 1. The quantitative estimate of drug-likeness (QED) is 0.902. The fourth-order valence-electron chi connectivity index (χ4n) is 1.77. The third kappa shape index (κ3) is 3.24. The van der Waals surface area contributed by atoms with Crippen LogP contribution in [0.1, 0.15) is 15.9 Å². The van der Waals surface area contributed by atoms with Crippen LogP contribution in [0.15, 0.2) is 36.4 Å². The molecule has 2 rings (SSSR count). The number of aryl methyl sites for hydroxylation is 1. The van der Waals surface area contributed by atoms with Crippen LogP contribution >= 0.6 is 23.2 Å². The van der Waals surface area contributed by atoms with E-state index in [1.54, 1.807) is 30.3 Å². The number of amides is 1. The van der Waals surface area contributed by atoms with Gasteiger partial charge in [-0.15, -0.1) is 0 Å². The zero-order valence-electron chi connectivity index (χ0n) is 11.0. The Morgan fingerprint density at radius 1 is 1.15 bits per heavy atom. The lowest BCUT2D eigenvalue weighted by molar-refractivity contribution is 0.102. The van der Waals surface area contributed by atoms with Gasteiger partial charge in [0.25, 0.3) is 5.91 Å². The number of nitrogens with one attached hydrogen (secondary N) is 1. The van der Waals surface area contributed by atoms with Crippen molar-refractivity contribution in [1.82, 2.24) is 0 Å². The number of halogens is 2. The lowest BCUT2D eigenvalue weighted by Gasteiger charge is -2.11. The molecule has 0 heterocycles. The Bertz CT molecular complexity index is 656. The molecule has 0 unspecified atom stereocenters. The minimum atomic E-state index is -0.324. The molecule has 1 N–H and O–H groups in total. The van der Waals surface area contributed by atoms with E-state index in [9.17, 15) is 4.79 Å².